The Bertz CT molecular complexity index is 6260. The Hall–Kier alpha value is -16.7. The number of rotatable bonds is 26. The maximum absolute atomic E-state index is 14.2. The molecular weight excluding hydrogens is 1790 g/mol. The van der Waals surface area contributed by atoms with Crippen molar-refractivity contribution in [2.24, 2.45) is 16.6 Å². The average molecular weight is 1910 g/mol. The van der Waals surface area contributed by atoms with Gasteiger partial charge >= 0.3 is 24.1 Å². The fourth-order valence-electron chi connectivity index (χ4n) is 14.4. The Morgan fingerprint density at radius 1 is 0.489 bits per heavy atom. The minimum absolute atomic E-state index is 0.0179. The van der Waals surface area contributed by atoms with Crippen molar-refractivity contribution < 1.29 is 101 Å². The molecule has 2 aliphatic rings. The standard InChI is InChI=1S/C30H30N4O6.C21H21N3O6.C15H17N3O2.C11H15NO.C9H16O4.C8H11NO2.C7H6N2.CO2/c1-18-14-20(16-31-15-18)27-32-28(35)25(30(37)34(27)26-23(39-3)10-7-11-24(26)40-4)29(36)33-13-12-19(17-33)21-8-5-6-9-22(21)38-2;1-5-30-21(27)16-19(25)23-18(13-9-12(2)10-22-11-13)24(20(16)26)17-14(28-3)7-6-8-15(17)29-4;1-10-7-11(9-17-8-10)15(16)18-14-12(19-2)5-4-6-13(14)20-3;1-13-11-5-3-2-4-10(11)9-6-7-12-8-9;1-4-7(8(10)12-5-2)9(11)13-6-3;1-10-6-4-3-5-7(11-2)8(6)9;1-6-2-7(3-8)5-9-4-6;2-1-3/h5-11,14-16,19,35H,12-13,17H2,1-4H3;6-11,25H,5H2,1-4H3;4-9H,1-3H3,(H2,16,18);2-5,9,12H,6-8H2,1H3;7H,4-6H2,1-3H3;3-5H,9H2,1-2H3;2,4-5H,1H3;. The zero-order valence-electron chi connectivity index (χ0n) is 80.8. The van der Waals surface area contributed by atoms with E-state index in [0.717, 1.165) is 62.5 Å². The van der Waals surface area contributed by atoms with Crippen LogP contribution in [0.15, 0.2) is 210 Å². The van der Waals surface area contributed by atoms with Gasteiger partial charge in [0.15, 0.2) is 28.7 Å². The van der Waals surface area contributed by atoms with Gasteiger partial charge in [-0.25, -0.2) is 9.79 Å². The van der Waals surface area contributed by atoms with Crippen molar-refractivity contribution in [3.8, 4) is 109 Å². The van der Waals surface area contributed by atoms with Crippen LogP contribution in [0.4, 0.5) is 11.4 Å². The Morgan fingerprint density at radius 3 is 1.26 bits per heavy atom. The van der Waals surface area contributed by atoms with E-state index in [4.69, 9.17) is 87.9 Å². The topological polar surface area (TPSA) is 488 Å². The van der Waals surface area contributed by atoms with E-state index >= 15 is 0 Å². The minimum atomic E-state index is -0.982. The van der Waals surface area contributed by atoms with E-state index in [9.17, 15) is 39.0 Å². The number of nitrogens with one attached hydrogen (secondary N) is 1. The van der Waals surface area contributed by atoms with E-state index < -0.39 is 63.7 Å². The Labute approximate surface area is 805 Å². The first-order chi connectivity index (χ1) is 67.1. The molecule has 37 heteroatoms. The SMILES string of the molecule is CCOC(=O)C(CC)C(=O)OCC.CCOC(=O)c1c(O)nc(-c2cncc(C)c2)n(-c2c(OC)cccc2OC)c1=O.COc1cccc(OC)c1N.COc1cccc(OC)c1N=C(N)c1cncc(C)c1.COc1ccccc1C1CCN(C(=O)c2c(O)nc(-c3cncc(C)c3)n(-c3c(OC)cccc3OC)c2=O)C1.COc1ccccc1C1CCNC1.Cc1cncc(C#N)c1.O=C=O. The predicted octanol–water partition coefficient (Wildman–Crippen LogP) is 13.8. The number of benzene rings is 6. The van der Waals surface area contributed by atoms with Gasteiger partial charge in [-0.15, -0.1) is 0 Å². The molecule has 6 aromatic carbocycles. The summed E-state index contributed by atoms with van der Waals surface area (Å²) >= 11 is 0. The van der Waals surface area contributed by atoms with Gasteiger partial charge in [-0.05, 0) is 193 Å². The number of aromatic hydroxyl groups is 2. The number of ether oxygens (including phenoxy) is 13. The van der Waals surface area contributed by atoms with Crippen LogP contribution in [0.5, 0.6) is 69.3 Å². The summed E-state index contributed by atoms with van der Waals surface area (Å²) in [7, 11) is 15.5. The summed E-state index contributed by atoms with van der Waals surface area (Å²) in [5, 5.41) is 33.2. The highest BCUT2D eigenvalue weighted by Crippen LogP contribution is 2.41. The number of amides is 1. The third-order valence-corrected chi connectivity index (χ3v) is 20.9. The van der Waals surface area contributed by atoms with Crippen LogP contribution in [0.25, 0.3) is 34.2 Å². The molecule has 6 aromatic heterocycles. The largest absolute Gasteiger partial charge is 0.496 e. The molecular formula is C102H116N14O23. The van der Waals surface area contributed by atoms with Crippen LogP contribution in [-0.2, 0) is 33.4 Å². The number of amidine groups is 1. The van der Waals surface area contributed by atoms with E-state index in [-0.39, 0.29) is 54.9 Å². The van der Waals surface area contributed by atoms with Crippen LogP contribution < -0.4 is 75.3 Å². The van der Waals surface area contributed by atoms with Crippen LogP contribution >= 0.6 is 0 Å². The quantitative estimate of drug-likeness (QED) is 0.00839. The number of esters is 3. The number of para-hydroxylation sites is 6. The third-order valence-electron chi connectivity index (χ3n) is 20.9. The summed E-state index contributed by atoms with van der Waals surface area (Å²) in [5.41, 5.74) is 19.0. The summed E-state index contributed by atoms with van der Waals surface area (Å²) in [6, 6.07) is 46.1. The van der Waals surface area contributed by atoms with Gasteiger partial charge < -0.3 is 93.5 Å². The first-order valence-electron chi connectivity index (χ1n) is 43.6. The normalized spacial score (nSPS) is 12.4. The monoisotopic (exact) mass is 1900 g/mol. The maximum atomic E-state index is 14.2. The molecule has 2 fully saturated rings. The number of carbonyl (C=O) groups is 4. The number of anilines is 1. The van der Waals surface area contributed by atoms with Crippen LogP contribution in [-0.4, -0.2) is 207 Å². The Kier molecular flexibility index (Phi) is 43.9. The van der Waals surface area contributed by atoms with Crippen molar-refractivity contribution >= 4 is 47.2 Å². The molecule has 0 saturated carbocycles. The lowest BCUT2D eigenvalue weighted by Crippen LogP contribution is -2.36. The number of aryl methyl sites for hydroxylation is 4. The van der Waals surface area contributed by atoms with Crippen molar-refractivity contribution in [2.75, 3.05) is 123 Å². The van der Waals surface area contributed by atoms with Gasteiger partial charge in [-0.1, -0.05) is 67.6 Å². The second kappa shape index (κ2) is 55.8. The fourth-order valence-corrected chi connectivity index (χ4v) is 14.4. The lowest BCUT2D eigenvalue weighted by molar-refractivity contribution is -0.192. The van der Waals surface area contributed by atoms with Crippen LogP contribution in [0.1, 0.15) is 124 Å². The van der Waals surface area contributed by atoms with Gasteiger partial charge in [-0.2, -0.15) is 24.8 Å². The number of pyridine rings is 4. The number of nitrogens with two attached hydrogens (primary N) is 2. The first-order valence-corrected chi connectivity index (χ1v) is 43.6. The Balaban J connectivity index is 0.000000234. The first kappa shape index (κ1) is 109. The lowest BCUT2D eigenvalue weighted by atomic mass is 9.97. The molecule has 732 valence electrons. The molecule has 1 amide bonds. The van der Waals surface area contributed by atoms with E-state index in [1.165, 1.54) is 57.4 Å². The zero-order valence-corrected chi connectivity index (χ0v) is 80.8. The number of methoxy groups -OCH3 is 10. The van der Waals surface area contributed by atoms with Crippen LogP contribution in [0.3, 0.4) is 0 Å². The highest BCUT2D eigenvalue weighted by molar-refractivity contribution is 6.00. The lowest BCUT2D eigenvalue weighted by Gasteiger charge is -2.21. The molecule has 2 unspecified atom stereocenters. The number of aliphatic imine (C=N–C) groups is 1. The molecule has 0 aliphatic carbocycles. The van der Waals surface area contributed by atoms with E-state index in [1.54, 1.807) is 179 Å². The van der Waals surface area contributed by atoms with Crippen molar-refractivity contribution in [2.45, 2.75) is 86.5 Å². The molecule has 37 nitrogen and oxygen atoms in total. The highest BCUT2D eigenvalue weighted by atomic mass is 16.6. The van der Waals surface area contributed by atoms with Crippen LogP contribution in [0.2, 0.25) is 0 Å². The minimum Gasteiger partial charge on any atom is -0.496 e. The fraction of sp³-hybridized carbons (Fsp3) is 0.304. The smallest absolute Gasteiger partial charge is 0.373 e. The molecule has 2 atom stereocenters. The molecule has 0 radical (unpaired) electrons. The highest BCUT2D eigenvalue weighted by Gasteiger charge is 2.36. The Morgan fingerprint density at radius 2 is 0.871 bits per heavy atom. The van der Waals surface area contributed by atoms with Crippen LogP contribution in [0, 0.1) is 44.9 Å². The molecule has 14 rings (SSSR count). The number of nitrogens with zero attached hydrogens (tertiary/aromatic N) is 11. The van der Waals surface area contributed by atoms with Gasteiger partial charge in [0.25, 0.3) is 17.0 Å². The molecule has 8 heterocycles. The maximum Gasteiger partial charge on any atom is 0.373 e. The molecule has 7 N–H and O–H groups in total. The molecule has 2 saturated heterocycles. The van der Waals surface area contributed by atoms with Crippen molar-refractivity contribution in [3.63, 3.8) is 0 Å². The number of nitrogen functional groups attached to an aromatic ring is 1. The summed E-state index contributed by atoms with van der Waals surface area (Å²) < 4.78 is 70.2. The molecule has 0 spiro atoms. The number of likely N-dealkylation sites (tertiary alicyclic amines) is 1. The second-order valence-electron chi connectivity index (χ2n) is 30.0. The summed E-state index contributed by atoms with van der Waals surface area (Å²) in [4.78, 5) is 123. The predicted molar refractivity (Wildman–Crippen MR) is 519 cm³/mol. The van der Waals surface area contributed by atoms with Gasteiger partial charge in [0.05, 0.1) is 96.5 Å². The van der Waals surface area contributed by atoms with Gasteiger partial charge in [-0.3, -0.25) is 53.0 Å². The summed E-state index contributed by atoms with van der Waals surface area (Å²) in [5.74, 6) is 1.95. The molecule has 2 aliphatic heterocycles. The van der Waals surface area contributed by atoms with E-state index in [1.807, 2.05) is 100 Å². The van der Waals surface area contributed by atoms with E-state index in [2.05, 4.69) is 52.3 Å². The number of hydrogen-bond acceptors (Lipinski definition) is 33. The van der Waals surface area contributed by atoms with Crippen molar-refractivity contribution in [1.82, 2.24) is 49.3 Å². The molecule has 12 aromatic rings. The summed E-state index contributed by atoms with van der Waals surface area (Å²) in [6.45, 7) is 17.9. The average Bonchev–Trinajstić information content (AvgIpc) is 1.17. The molecule has 139 heavy (non-hydrogen) atoms. The van der Waals surface area contributed by atoms with Gasteiger partial charge in [0.2, 0.25) is 11.8 Å². The zero-order chi connectivity index (χ0) is 102. The van der Waals surface area contributed by atoms with Crippen molar-refractivity contribution in [3.05, 3.63) is 272 Å². The van der Waals surface area contributed by atoms with Crippen molar-refractivity contribution in [1.29, 1.82) is 5.26 Å². The summed E-state index contributed by atoms with van der Waals surface area (Å²) in [6.07, 6.45) is 15.6. The third kappa shape index (κ3) is 29.4. The number of nitriles is 1. The molecule has 0 bridgehead atoms. The number of hydrogen-bond donors (Lipinski definition) is 5. The van der Waals surface area contributed by atoms with E-state index in [0.29, 0.717) is 112 Å². The second-order valence-corrected chi connectivity index (χ2v) is 30.0. The van der Waals surface area contributed by atoms with Gasteiger partial charge in [0.1, 0.15) is 92.1 Å². The van der Waals surface area contributed by atoms with Gasteiger partial charge in [0, 0.05) is 97.7 Å². The number of aromatic nitrogens is 8. The number of carbonyl (C=O) groups excluding carboxylic acids is 6.